The lowest BCUT2D eigenvalue weighted by Crippen LogP contribution is -2.49. The van der Waals surface area contributed by atoms with Gasteiger partial charge in [-0.2, -0.15) is 0 Å². The number of benzene rings is 2. The van der Waals surface area contributed by atoms with Crippen molar-refractivity contribution in [1.82, 2.24) is 4.90 Å². The number of rotatable bonds is 5. The van der Waals surface area contributed by atoms with Crippen molar-refractivity contribution in [3.63, 3.8) is 0 Å². The molecule has 0 aromatic heterocycles. The number of para-hydroxylation sites is 2. The summed E-state index contributed by atoms with van der Waals surface area (Å²) in [5.74, 6) is 2.33. The third kappa shape index (κ3) is 3.40. The van der Waals surface area contributed by atoms with Crippen molar-refractivity contribution in [3.05, 3.63) is 60.2 Å². The molecule has 2 aromatic carbocycles. The second-order valence-electron chi connectivity index (χ2n) is 6.71. The predicted octanol–water partition coefficient (Wildman–Crippen LogP) is 2.68. The molecule has 0 aliphatic carbocycles. The Balaban J connectivity index is 1.33. The molecule has 2 aromatic rings. The van der Waals surface area contributed by atoms with Crippen LogP contribution in [0.3, 0.4) is 0 Å². The number of likely N-dealkylation sites (tertiary alicyclic amines) is 1. The summed E-state index contributed by atoms with van der Waals surface area (Å²) in [5.41, 5.74) is 1.30. The molecule has 126 valence electrons. The molecule has 2 bridgehead atoms. The van der Waals surface area contributed by atoms with Crippen molar-refractivity contribution in [2.45, 2.75) is 24.5 Å². The standard InChI is InChI=1S/C20H23NO3/c22-16(14-23-17-6-2-1-3-7-17)12-21-11-15-10-18(13-21)24-20-9-5-4-8-19(15)20/h1-9,15-16,18,22H,10-14H2. The van der Waals surface area contributed by atoms with Gasteiger partial charge in [0.2, 0.25) is 0 Å². The number of hydrogen-bond acceptors (Lipinski definition) is 4. The largest absolute Gasteiger partial charge is 0.491 e. The number of hydrogen-bond donors (Lipinski definition) is 1. The topological polar surface area (TPSA) is 41.9 Å². The van der Waals surface area contributed by atoms with Gasteiger partial charge in [-0.15, -0.1) is 0 Å². The summed E-state index contributed by atoms with van der Waals surface area (Å²) in [6, 6.07) is 18.0. The minimum Gasteiger partial charge on any atom is -0.491 e. The van der Waals surface area contributed by atoms with Crippen LogP contribution in [0.2, 0.25) is 0 Å². The molecular weight excluding hydrogens is 302 g/mol. The Bertz CT molecular complexity index is 676. The normalized spacial score (nSPS) is 23.9. The fraction of sp³-hybridized carbons (Fsp3) is 0.400. The van der Waals surface area contributed by atoms with E-state index in [4.69, 9.17) is 9.47 Å². The van der Waals surface area contributed by atoms with Crippen LogP contribution < -0.4 is 9.47 Å². The molecule has 4 rings (SSSR count). The van der Waals surface area contributed by atoms with Crippen LogP contribution in [-0.4, -0.2) is 48.5 Å². The molecule has 1 saturated heterocycles. The van der Waals surface area contributed by atoms with Crippen molar-refractivity contribution >= 4 is 0 Å². The average Bonchev–Trinajstić information content (AvgIpc) is 2.61. The predicted molar refractivity (Wildman–Crippen MR) is 92.6 cm³/mol. The third-order valence-corrected chi connectivity index (χ3v) is 4.79. The molecule has 4 nitrogen and oxygen atoms in total. The fourth-order valence-electron chi connectivity index (χ4n) is 3.76. The minimum absolute atomic E-state index is 0.223. The van der Waals surface area contributed by atoms with Crippen LogP contribution >= 0.6 is 0 Å². The second kappa shape index (κ2) is 6.83. The quantitative estimate of drug-likeness (QED) is 0.918. The Labute approximate surface area is 142 Å². The number of aliphatic hydroxyl groups excluding tert-OH is 1. The second-order valence-corrected chi connectivity index (χ2v) is 6.71. The molecule has 0 radical (unpaired) electrons. The van der Waals surface area contributed by atoms with Crippen molar-refractivity contribution in [2.24, 2.45) is 0 Å². The maximum absolute atomic E-state index is 10.3. The van der Waals surface area contributed by atoms with E-state index in [2.05, 4.69) is 23.1 Å². The molecule has 0 amide bonds. The van der Waals surface area contributed by atoms with Gasteiger partial charge in [0.05, 0.1) is 0 Å². The molecule has 0 spiro atoms. The van der Waals surface area contributed by atoms with Crippen LogP contribution in [0.25, 0.3) is 0 Å². The SMILES string of the molecule is OC(COc1ccccc1)CN1CC2CC(C1)c1ccccc1O2. The van der Waals surface area contributed by atoms with E-state index < -0.39 is 6.10 Å². The Morgan fingerprint density at radius 2 is 1.88 bits per heavy atom. The van der Waals surface area contributed by atoms with Crippen LogP contribution in [0, 0.1) is 0 Å². The molecule has 0 saturated carbocycles. The van der Waals surface area contributed by atoms with Gasteiger partial charge < -0.3 is 14.6 Å². The molecule has 1 fully saturated rings. The van der Waals surface area contributed by atoms with Gasteiger partial charge in [-0.3, -0.25) is 4.90 Å². The van der Waals surface area contributed by atoms with Gasteiger partial charge in [0.25, 0.3) is 0 Å². The van der Waals surface area contributed by atoms with Crippen LogP contribution in [-0.2, 0) is 0 Å². The van der Waals surface area contributed by atoms with Crippen molar-refractivity contribution in [1.29, 1.82) is 0 Å². The number of fused-ring (bicyclic) bond motifs is 4. The zero-order chi connectivity index (χ0) is 16.4. The van der Waals surface area contributed by atoms with E-state index in [0.717, 1.165) is 31.0 Å². The van der Waals surface area contributed by atoms with E-state index in [1.165, 1.54) is 5.56 Å². The van der Waals surface area contributed by atoms with E-state index in [0.29, 0.717) is 19.1 Å². The van der Waals surface area contributed by atoms with Gasteiger partial charge in [0, 0.05) is 25.6 Å². The molecule has 4 heteroatoms. The van der Waals surface area contributed by atoms with Gasteiger partial charge in [0.1, 0.15) is 30.3 Å². The van der Waals surface area contributed by atoms with E-state index in [1.54, 1.807) is 0 Å². The first kappa shape index (κ1) is 15.5. The first-order valence-electron chi connectivity index (χ1n) is 8.62. The summed E-state index contributed by atoms with van der Waals surface area (Å²) < 4.78 is 11.7. The van der Waals surface area contributed by atoms with Gasteiger partial charge in [-0.05, 0) is 30.2 Å². The lowest BCUT2D eigenvalue weighted by Gasteiger charge is -2.42. The number of piperidine rings is 1. The highest BCUT2D eigenvalue weighted by Crippen LogP contribution is 2.39. The average molecular weight is 325 g/mol. The Kier molecular flexibility index (Phi) is 4.41. The highest BCUT2D eigenvalue weighted by molar-refractivity contribution is 5.39. The molecular formula is C20H23NO3. The summed E-state index contributed by atoms with van der Waals surface area (Å²) in [6.45, 7) is 2.77. The Morgan fingerprint density at radius 1 is 1.08 bits per heavy atom. The van der Waals surface area contributed by atoms with Crippen LogP contribution in [0.4, 0.5) is 0 Å². The first-order valence-corrected chi connectivity index (χ1v) is 8.62. The Morgan fingerprint density at radius 3 is 2.75 bits per heavy atom. The van der Waals surface area contributed by atoms with Gasteiger partial charge in [-0.1, -0.05) is 36.4 Å². The minimum atomic E-state index is -0.501. The van der Waals surface area contributed by atoms with Gasteiger partial charge in [0.15, 0.2) is 0 Å². The van der Waals surface area contributed by atoms with Crippen molar-refractivity contribution in [3.8, 4) is 11.5 Å². The smallest absolute Gasteiger partial charge is 0.123 e. The zero-order valence-corrected chi connectivity index (χ0v) is 13.7. The van der Waals surface area contributed by atoms with E-state index >= 15 is 0 Å². The van der Waals surface area contributed by atoms with Crippen LogP contribution in [0.1, 0.15) is 17.9 Å². The summed E-state index contributed by atoms with van der Waals surface area (Å²) >= 11 is 0. The highest BCUT2D eigenvalue weighted by Gasteiger charge is 2.35. The third-order valence-electron chi connectivity index (χ3n) is 4.79. The monoisotopic (exact) mass is 325 g/mol. The van der Waals surface area contributed by atoms with Gasteiger partial charge >= 0.3 is 0 Å². The Hall–Kier alpha value is -2.04. The molecule has 1 N–H and O–H groups in total. The maximum atomic E-state index is 10.3. The summed E-state index contributed by atoms with van der Waals surface area (Å²) in [5, 5.41) is 10.3. The lowest BCUT2D eigenvalue weighted by molar-refractivity contribution is 0.0159. The molecule has 2 heterocycles. The maximum Gasteiger partial charge on any atom is 0.123 e. The van der Waals surface area contributed by atoms with Crippen LogP contribution in [0.15, 0.2) is 54.6 Å². The van der Waals surface area contributed by atoms with Gasteiger partial charge in [-0.25, -0.2) is 0 Å². The molecule has 3 unspecified atom stereocenters. The zero-order valence-electron chi connectivity index (χ0n) is 13.7. The van der Waals surface area contributed by atoms with E-state index in [9.17, 15) is 5.11 Å². The van der Waals surface area contributed by atoms with Crippen molar-refractivity contribution in [2.75, 3.05) is 26.2 Å². The number of ether oxygens (including phenoxy) is 2. The molecule has 24 heavy (non-hydrogen) atoms. The molecule has 3 atom stereocenters. The molecule has 2 aliphatic heterocycles. The van der Waals surface area contributed by atoms with E-state index in [-0.39, 0.29) is 6.10 Å². The first-order chi connectivity index (χ1) is 11.8. The summed E-state index contributed by atoms with van der Waals surface area (Å²) in [7, 11) is 0. The van der Waals surface area contributed by atoms with Crippen LogP contribution in [0.5, 0.6) is 11.5 Å². The molecule has 2 aliphatic rings. The lowest BCUT2D eigenvalue weighted by atomic mass is 9.86. The van der Waals surface area contributed by atoms with Crippen molar-refractivity contribution < 1.29 is 14.6 Å². The number of nitrogens with zero attached hydrogens (tertiary/aromatic N) is 1. The van der Waals surface area contributed by atoms with E-state index in [1.807, 2.05) is 36.4 Å². The highest BCUT2D eigenvalue weighted by atomic mass is 16.5. The number of aliphatic hydroxyl groups is 1. The summed E-state index contributed by atoms with van der Waals surface area (Å²) in [6.07, 6.45) is 0.796. The fourth-order valence-corrected chi connectivity index (χ4v) is 3.76. The number of β-amino-alcohol motifs (C(OH)–C–C–N with tert-alkyl or cyclic N) is 1. The summed E-state index contributed by atoms with van der Waals surface area (Å²) in [4.78, 5) is 2.30.